The van der Waals surface area contributed by atoms with E-state index in [0.717, 1.165) is 124 Å². The highest BCUT2D eigenvalue weighted by Crippen LogP contribution is 2.52. The summed E-state index contributed by atoms with van der Waals surface area (Å²) in [6.07, 6.45) is 8.66. The summed E-state index contributed by atoms with van der Waals surface area (Å²) < 4.78 is 0. The molecule has 328 valence electrons. The van der Waals surface area contributed by atoms with E-state index in [1.165, 1.54) is 0 Å². The van der Waals surface area contributed by atoms with E-state index in [9.17, 15) is 10.5 Å². The molecule has 0 saturated heterocycles. The van der Waals surface area contributed by atoms with Crippen LogP contribution >= 0.6 is 0 Å². The van der Waals surface area contributed by atoms with E-state index in [1.54, 1.807) is 0 Å². The summed E-state index contributed by atoms with van der Waals surface area (Å²) in [6, 6.07) is 83.6. The number of hydrogen-bond acceptors (Lipinski definition) is 4. The molecule has 11 aromatic rings. The number of anilines is 6. The van der Waals surface area contributed by atoms with E-state index in [1.807, 2.05) is 66.7 Å². The molecule has 1 aliphatic rings. The lowest BCUT2D eigenvalue weighted by Gasteiger charge is -2.32. The summed E-state index contributed by atoms with van der Waals surface area (Å²) in [4.78, 5) is 4.58. The van der Waals surface area contributed by atoms with Crippen molar-refractivity contribution >= 4 is 72.0 Å². The smallest absolute Gasteiger partial charge is 0.101 e. The van der Waals surface area contributed by atoms with E-state index in [4.69, 9.17) is 0 Å². The van der Waals surface area contributed by atoms with Crippen LogP contribution in [0.4, 0.5) is 34.1 Å². The predicted octanol–water partition coefficient (Wildman–Crippen LogP) is 18.0. The van der Waals surface area contributed by atoms with Crippen molar-refractivity contribution in [3.63, 3.8) is 0 Å². The first-order valence-electron chi connectivity index (χ1n) is 23.8. The van der Waals surface area contributed by atoms with Gasteiger partial charge in [0, 0.05) is 33.3 Å². The normalized spacial score (nSPS) is 12.2. The third-order valence-corrected chi connectivity index (χ3v) is 13.6. The molecule has 0 saturated carbocycles. The molecule has 4 heteroatoms. The maximum absolute atomic E-state index is 11.2. The Morgan fingerprint density at radius 2 is 0.786 bits per heavy atom. The van der Waals surface area contributed by atoms with Gasteiger partial charge in [-0.15, -0.1) is 0 Å². The van der Waals surface area contributed by atoms with Crippen molar-refractivity contribution in [2.45, 2.75) is 12.8 Å². The van der Waals surface area contributed by atoms with Crippen LogP contribution in [0.2, 0.25) is 0 Å². The van der Waals surface area contributed by atoms with Gasteiger partial charge in [0.25, 0.3) is 0 Å². The highest BCUT2D eigenvalue weighted by atomic mass is 15.2. The quantitative estimate of drug-likeness (QED) is 0.128. The fraction of sp³-hybridized carbons (Fsp3) is 0.0303. The molecule has 0 fully saturated rings. The molecule has 70 heavy (non-hydrogen) atoms. The van der Waals surface area contributed by atoms with Gasteiger partial charge in [-0.3, -0.25) is 0 Å². The Balaban J connectivity index is 1.13. The van der Waals surface area contributed by atoms with Crippen molar-refractivity contribution < 1.29 is 0 Å². The van der Waals surface area contributed by atoms with Gasteiger partial charge in [-0.1, -0.05) is 182 Å². The van der Waals surface area contributed by atoms with Crippen molar-refractivity contribution in [3.05, 3.63) is 259 Å². The zero-order chi connectivity index (χ0) is 47.0. The molecular formula is C66H44N4. The maximum Gasteiger partial charge on any atom is 0.101 e. The van der Waals surface area contributed by atoms with Crippen LogP contribution in [0, 0.1) is 22.7 Å². The van der Waals surface area contributed by atoms with E-state index in [2.05, 4.69) is 198 Å². The fourth-order valence-electron chi connectivity index (χ4n) is 10.5. The summed E-state index contributed by atoms with van der Waals surface area (Å²) in [5.41, 5.74) is 14.8. The monoisotopic (exact) mass is 892 g/mol. The molecule has 0 atom stereocenters. The second-order valence-corrected chi connectivity index (χ2v) is 17.7. The van der Waals surface area contributed by atoms with Gasteiger partial charge in [0.15, 0.2) is 0 Å². The number of hydrogen-bond donors (Lipinski definition) is 0. The minimum Gasteiger partial charge on any atom is -0.308 e. The SMILES string of the molecule is N#Cc1cc(-c2ccccc2)cc(C2=CCCC=C2)c1N(c1ccccc1)c1ccc2ccc3c(N(c4ccccc4)c4c(C#N)cc(-c5ccccc5)cc4-c4ccccc4)ccc4ccc1c2c43. The number of rotatable bonds is 10. The Labute approximate surface area is 408 Å². The van der Waals surface area contributed by atoms with Gasteiger partial charge in [-0.2, -0.15) is 10.5 Å². The lowest BCUT2D eigenvalue weighted by atomic mass is 9.89. The molecule has 0 aliphatic heterocycles. The second kappa shape index (κ2) is 18.0. The first-order chi connectivity index (χ1) is 34.7. The van der Waals surface area contributed by atoms with E-state index < -0.39 is 0 Å². The second-order valence-electron chi connectivity index (χ2n) is 17.7. The summed E-state index contributed by atoms with van der Waals surface area (Å²) in [6.45, 7) is 0. The van der Waals surface area contributed by atoms with Crippen molar-refractivity contribution in [1.82, 2.24) is 0 Å². The Bertz CT molecular complexity index is 3880. The van der Waals surface area contributed by atoms with Gasteiger partial charge in [0.05, 0.1) is 33.9 Å². The molecule has 0 radical (unpaired) electrons. The molecule has 0 spiro atoms. The zero-order valence-electron chi connectivity index (χ0n) is 38.3. The van der Waals surface area contributed by atoms with Gasteiger partial charge < -0.3 is 9.80 Å². The molecule has 0 heterocycles. The lowest BCUT2D eigenvalue weighted by Crippen LogP contribution is -2.15. The number of benzene rings is 11. The molecule has 0 N–H and O–H groups in total. The topological polar surface area (TPSA) is 54.1 Å². The molecule has 12 rings (SSSR count). The highest BCUT2D eigenvalue weighted by Gasteiger charge is 2.28. The van der Waals surface area contributed by atoms with Crippen LogP contribution in [-0.2, 0) is 0 Å². The molecule has 0 amide bonds. The average Bonchev–Trinajstić information content (AvgIpc) is 3.44. The van der Waals surface area contributed by atoms with Gasteiger partial charge in [-0.25, -0.2) is 0 Å². The summed E-state index contributed by atoms with van der Waals surface area (Å²) in [5.74, 6) is 0. The molecule has 1 aliphatic carbocycles. The summed E-state index contributed by atoms with van der Waals surface area (Å²) in [7, 11) is 0. The van der Waals surface area contributed by atoms with Crippen LogP contribution in [0.25, 0.3) is 71.3 Å². The molecule has 0 aromatic heterocycles. The van der Waals surface area contributed by atoms with Crippen LogP contribution < -0.4 is 9.80 Å². The summed E-state index contributed by atoms with van der Waals surface area (Å²) >= 11 is 0. The number of allylic oxidation sites excluding steroid dienone is 4. The van der Waals surface area contributed by atoms with Crippen LogP contribution in [0.5, 0.6) is 0 Å². The van der Waals surface area contributed by atoms with Gasteiger partial charge >= 0.3 is 0 Å². The van der Waals surface area contributed by atoms with E-state index in [0.29, 0.717) is 11.1 Å². The number of nitriles is 2. The maximum atomic E-state index is 11.2. The van der Waals surface area contributed by atoms with Gasteiger partial charge in [-0.05, 0) is 128 Å². The van der Waals surface area contributed by atoms with Crippen molar-refractivity contribution in [2.24, 2.45) is 0 Å². The molecule has 0 unspecified atom stereocenters. The zero-order valence-corrected chi connectivity index (χ0v) is 38.3. The lowest BCUT2D eigenvalue weighted by molar-refractivity contribution is 1.04. The Morgan fingerprint density at radius 3 is 1.23 bits per heavy atom. The third kappa shape index (κ3) is 7.33. The van der Waals surface area contributed by atoms with Crippen LogP contribution in [0.3, 0.4) is 0 Å². The van der Waals surface area contributed by atoms with Gasteiger partial charge in [0.1, 0.15) is 12.1 Å². The minimum absolute atomic E-state index is 0.570. The molecular weight excluding hydrogens is 849 g/mol. The predicted molar refractivity (Wildman–Crippen MR) is 292 cm³/mol. The Kier molecular flexibility index (Phi) is 10.8. The van der Waals surface area contributed by atoms with Crippen LogP contribution in [0.15, 0.2) is 243 Å². The fourth-order valence-corrected chi connectivity index (χ4v) is 10.5. The Hall–Kier alpha value is -9.48. The van der Waals surface area contributed by atoms with E-state index in [-0.39, 0.29) is 0 Å². The molecule has 11 aromatic carbocycles. The third-order valence-electron chi connectivity index (χ3n) is 13.6. The molecule has 0 bridgehead atoms. The summed E-state index contributed by atoms with van der Waals surface area (Å²) in [5, 5.41) is 29.0. The minimum atomic E-state index is 0.570. The van der Waals surface area contributed by atoms with Crippen molar-refractivity contribution in [3.8, 4) is 45.5 Å². The van der Waals surface area contributed by atoms with Gasteiger partial charge in [0.2, 0.25) is 0 Å². The van der Waals surface area contributed by atoms with E-state index >= 15 is 0 Å². The van der Waals surface area contributed by atoms with Crippen LogP contribution in [-0.4, -0.2) is 0 Å². The van der Waals surface area contributed by atoms with Crippen LogP contribution in [0.1, 0.15) is 29.5 Å². The number of para-hydroxylation sites is 2. The highest BCUT2D eigenvalue weighted by molar-refractivity contribution is 6.28. The number of nitrogens with zero attached hydrogens (tertiary/aromatic N) is 4. The average molecular weight is 893 g/mol. The van der Waals surface area contributed by atoms with Crippen molar-refractivity contribution in [2.75, 3.05) is 9.80 Å². The molecule has 4 nitrogen and oxygen atoms in total. The largest absolute Gasteiger partial charge is 0.308 e. The first-order valence-corrected chi connectivity index (χ1v) is 23.8. The van der Waals surface area contributed by atoms with Crippen molar-refractivity contribution in [1.29, 1.82) is 10.5 Å². The Morgan fingerprint density at radius 1 is 0.371 bits per heavy atom. The first kappa shape index (κ1) is 41.9. The standard InChI is InChI=1S/C66H44N4/c67-43-53-39-51(45-19-7-1-8-20-45)41-59(47-23-11-3-12-24-47)65(53)69(55-27-15-5-16-28-55)61-37-33-49-32-36-58-62(38-34-50-31-35-57(61)63(49)64(50)58)70(56-29-17-6-18-30-56)66-54(44-68)40-52(46-21-9-2-10-22-46)42-60(66)48-25-13-4-14-26-48/h1-3,5-13,15-42H,4,14H2.